The molecule has 0 fully saturated rings. The monoisotopic (exact) mass is 540 g/mol. The number of alkyl halides is 3. The number of ether oxygens (including phenoxy) is 1. The molecule has 0 amide bonds. The number of aliphatic hydroxyl groups excluding tert-OH is 1. The molecule has 0 aliphatic carbocycles. The smallest absolute Gasteiger partial charge is 0.416 e. The Labute approximate surface area is 225 Å². The minimum atomic E-state index is -4.36. The van der Waals surface area contributed by atoms with Crippen LogP contribution >= 0.6 is 0 Å². The zero-order chi connectivity index (χ0) is 28.6. The van der Waals surface area contributed by atoms with Gasteiger partial charge >= 0.3 is 12.1 Å². The fourth-order valence-electron chi connectivity index (χ4n) is 4.08. The van der Waals surface area contributed by atoms with Crippen LogP contribution in [0.3, 0.4) is 0 Å². The number of nitriles is 1. The second-order valence-electron chi connectivity index (χ2n) is 9.99. The number of carbonyl (C=O) groups is 1. The number of nitrogens with zero attached hydrogens (tertiary/aromatic N) is 1. The second kappa shape index (κ2) is 12.8. The van der Waals surface area contributed by atoms with E-state index in [1.165, 1.54) is 24.3 Å². The molecule has 0 aliphatic rings. The Morgan fingerprint density at radius 1 is 1.05 bits per heavy atom. The summed E-state index contributed by atoms with van der Waals surface area (Å²) >= 11 is 0. The zero-order valence-corrected chi connectivity index (χ0v) is 21.8. The van der Waals surface area contributed by atoms with Gasteiger partial charge in [0.2, 0.25) is 0 Å². The highest BCUT2D eigenvalue weighted by atomic mass is 19.4. The van der Waals surface area contributed by atoms with Gasteiger partial charge in [-0.3, -0.25) is 0 Å². The molecule has 39 heavy (non-hydrogen) atoms. The Morgan fingerprint density at radius 3 is 2.38 bits per heavy atom. The molecule has 0 saturated carbocycles. The highest BCUT2D eigenvalue weighted by Crippen LogP contribution is 2.30. The summed E-state index contributed by atoms with van der Waals surface area (Å²) in [6.07, 6.45) is -3.39. The second-order valence-corrected chi connectivity index (χ2v) is 9.99. The molecule has 0 bridgehead atoms. The Kier molecular flexibility index (Phi) is 9.73. The summed E-state index contributed by atoms with van der Waals surface area (Å²) in [6.45, 7) is 4.07. The van der Waals surface area contributed by atoms with Crippen molar-refractivity contribution in [2.24, 2.45) is 0 Å². The molecule has 0 aliphatic heterocycles. The summed E-state index contributed by atoms with van der Waals surface area (Å²) < 4.78 is 44.5. The van der Waals surface area contributed by atoms with Gasteiger partial charge in [-0.15, -0.1) is 0 Å². The predicted molar refractivity (Wildman–Crippen MR) is 142 cm³/mol. The largest absolute Gasteiger partial charge is 0.489 e. The third-order valence-corrected chi connectivity index (χ3v) is 6.34. The quantitative estimate of drug-likeness (QED) is 0.258. The van der Waals surface area contributed by atoms with E-state index in [9.17, 15) is 28.3 Å². The van der Waals surface area contributed by atoms with Crippen LogP contribution in [-0.2, 0) is 12.6 Å². The Balaban J connectivity index is 1.51. The van der Waals surface area contributed by atoms with Gasteiger partial charge in [-0.1, -0.05) is 36.4 Å². The van der Waals surface area contributed by atoms with Crippen molar-refractivity contribution in [2.75, 3.05) is 13.2 Å². The Morgan fingerprint density at radius 2 is 1.74 bits per heavy atom. The van der Waals surface area contributed by atoms with Gasteiger partial charge in [-0.2, -0.15) is 18.4 Å². The number of rotatable bonds is 12. The van der Waals surface area contributed by atoms with Crippen molar-refractivity contribution in [2.45, 2.75) is 50.9 Å². The minimum absolute atomic E-state index is 0.0661. The molecule has 206 valence electrons. The number of hydrogen-bond acceptors (Lipinski definition) is 5. The number of β-amino-alcohol motifs (C(OH)–C–C–N with tert-alkyl or cyclic N) is 1. The molecule has 1 atom stereocenters. The molecular formula is C30H31F3N2O4. The van der Waals surface area contributed by atoms with Gasteiger partial charge in [-0.05, 0) is 80.1 Å². The van der Waals surface area contributed by atoms with Crippen LogP contribution in [0, 0.1) is 11.3 Å². The first-order valence-electron chi connectivity index (χ1n) is 12.5. The van der Waals surface area contributed by atoms with Crippen molar-refractivity contribution in [1.82, 2.24) is 5.32 Å². The molecule has 3 aromatic rings. The van der Waals surface area contributed by atoms with Crippen LogP contribution in [0.2, 0.25) is 0 Å². The van der Waals surface area contributed by atoms with Crippen molar-refractivity contribution in [1.29, 1.82) is 5.26 Å². The first kappa shape index (κ1) is 29.7. The average molecular weight is 541 g/mol. The number of benzene rings is 3. The SMILES string of the molecule is CC(C)(CCCc1cccc(C(F)(F)F)c1)NC[C@@H](O)COc1cc(-c2ccc(C(=O)O)cc2)ccc1C#N. The number of halogens is 3. The summed E-state index contributed by atoms with van der Waals surface area (Å²) in [7, 11) is 0. The first-order chi connectivity index (χ1) is 18.4. The maximum atomic E-state index is 12.9. The highest BCUT2D eigenvalue weighted by Gasteiger charge is 2.30. The van der Waals surface area contributed by atoms with E-state index in [1.807, 2.05) is 13.8 Å². The topological polar surface area (TPSA) is 103 Å². The minimum Gasteiger partial charge on any atom is -0.489 e. The summed E-state index contributed by atoms with van der Waals surface area (Å²) in [6, 6.07) is 18.7. The molecule has 3 rings (SSSR count). The molecule has 0 radical (unpaired) electrons. The summed E-state index contributed by atoms with van der Waals surface area (Å²) in [5.74, 6) is -0.719. The number of carboxylic acid groups (broad SMARTS) is 1. The van der Waals surface area contributed by atoms with E-state index < -0.39 is 23.8 Å². The fourth-order valence-corrected chi connectivity index (χ4v) is 4.08. The van der Waals surface area contributed by atoms with Gasteiger partial charge in [0.1, 0.15) is 24.5 Å². The standard InChI is InChI=1S/C30H31F3N2O4/c1-29(2,14-4-6-20-5-3-7-25(15-20)30(31,32)33)35-18-26(36)19-39-27-16-23(12-13-24(27)17-34)21-8-10-22(11-9-21)28(37)38/h3,5,7-13,15-16,26,35-36H,4,6,14,18-19H2,1-2H3,(H,37,38)/t26-/m1/s1. The van der Waals surface area contributed by atoms with Crippen LogP contribution in [0.4, 0.5) is 13.2 Å². The molecule has 0 unspecified atom stereocenters. The number of hydrogen-bond donors (Lipinski definition) is 3. The molecule has 9 heteroatoms. The molecule has 0 saturated heterocycles. The van der Waals surface area contributed by atoms with Crippen LogP contribution in [0.1, 0.15) is 53.7 Å². The molecule has 3 aromatic carbocycles. The Hall–Kier alpha value is -3.87. The number of aromatic carboxylic acids is 1. The third kappa shape index (κ3) is 8.84. The van der Waals surface area contributed by atoms with E-state index in [2.05, 4.69) is 11.4 Å². The zero-order valence-electron chi connectivity index (χ0n) is 21.8. The Bertz CT molecular complexity index is 1320. The van der Waals surface area contributed by atoms with Crippen molar-refractivity contribution >= 4 is 5.97 Å². The van der Waals surface area contributed by atoms with Gasteiger partial charge in [-0.25, -0.2) is 4.79 Å². The molecule has 6 nitrogen and oxygen atoms in total. The predicted octanol–water partition coefficient (Wildman–Crippen LogP) is 6.07. The summed E-state index contributed by atoms with van der Waals surface area (Å²) in [4.78, 5) is 11.1. The van der Waals surface area contributed by atoms with E-state index >= 15 is 0 Å². The van der Waals surface area contributed by atoms with Crippen molar-refractivity contribution < 1.29 is 32.9 Å². The average Bonchev–Trinajstić information content (AvgIpc) is 2.90. The maximum absolute atomic E-state index is 12.9. The lowest BCUT2D eigenvalue weighted by Gasteiger charge is -2.28. The van der Waals surface area contributed by atoms with Gasteiger partial charge in [0, 0.05) is 12.1 Å². The van der Waals surface area contributed by atoms with Crippen LogP contribution in [0.15, 0.2) is 66.7 Å². The fraction of sp³-hybridized carbons (Fsp3) is 0.333. The number of nitrogens with one attached hydrogen (secondary N) is 1. The lowest BCUT2D eigenvalue weighted by Crippen LogP contribution is -2.44. The van der Waals surface area contributed by atoms with Gasteiger partial charge in [0.25, 0.3) is 0 Å². The van der Waals surface area contributed by atoms with Crippen LogP contribution in [0.25, 0.3) is 11.1 Å². The number of aryl methyl sites for hydroxylation is 1. The molecule has 3 N–H and O–H groups in total. The van der Waals surface area contributed by atoms with E-state index in [0.29, 0.717) is 36.1 Å². The summed E-state index contributed by atoms with van der Waals surface area (Å²) in [5, 5.41) is 32.3. The van der Waals surface area contributed by atoms with Crippen molar-refractivity contribution in [3.05, 3.63) is 89.0 Å². The number of aliphatic hydroxyl groups is 1. The van der Waals surface area contributed by atoms with Gasteiger partial charge < -0.3 is 20.3 Å². The van der Waals surface area contributed by atoms with Crippen molar-refractivity contribution in [3.63, 3.8) is 0 Å². The van der Waals surface area contributed by atoms with E-state index in [4.69, 9.17) is 9.84 Å². The molecule has 0 heterocycles. The van der Waals surface area contributed by atoms with Crippen molar-refractivity contribution in [3.8, 4) is 22.9 Å². The van der Waals surface area contributed by atoms with Crippen LogP contribution in [-0.4, -0.2) is 41.0 Å². The van der Waals surface area contributed by atoms with E-state index in [-0.39, 0.29) is 24.3 Å². The third-order valence-electron chi connectivity index (χ3n) is 6.34. The lowest BCUT2D eigenvalue weighted by molar-refractivity contribution is -0.137. The number of carboxylic acids is 1. The van der Waals surface area contributed by atoms with E-state index in [0.717, 1.165) is 17.2 Å². The van der Waals surface area contributed by atoms with E-state index in [1.54, 1.807) is 36.4 Å². The lowest BCUT2D eigenvalue weighted by atomic mass is 9.95. The van der Waals surface area contributed by atoms with Gasteiger partial charge in [0.15, 0.2) is 0 Å². The maximum Gasteiger partial charge on any atom is 0.416 e. The normalized spacial score (nSPS) is 12.5. The molecular weight excluding hydrogens is 509 g/mol. The molecule has 0 spiro atoms. The highest BCUT2D eigenvalue weighted by molar-refractivity contribution is 5.88. The first-order valence-corrected chi connectivity index (χ1v) is 12.5. The molecule has 0 aromatic heterocycles. The van der Waals surface area contributed by atoms with Gasteiger partial charge in [0.05, 0.1) is 16.7 Å². The summed E-state index contributed by atoms with van der Waals surface area (Å²) in [5.41, 5.74) is 1.56. The van der Waals surface area contributed by atoms with Crippen LogP contribution in [0.5, 0.6) is 5.75 Å². The van der Waals surface area contributed by atoms with Crippen LogP contribution < -0.4 is 10.1 Å².